The first kappa shape index (κ1) is 18.2. The molecule has 0 saturated heterocycles. The quantitative estimate of drug-likeness (QED) is 0.585. The third-order valence-electron chi connectivity index (χ3n) is 3.82. The van der Waals surface area contributed by atoms with Crippen LogP contribution in [-0.4, -0.2) is 36.5 Å². The fraction of sp³-hybridized carbons (Fsp3) is 0.222. The minimum atomic E-state index is -0.586. The van der Waals surface area contributed by atoms with Crippen LogP contribution < -0.4 is 20.1 Å². The van der Waals surface area contributed by atoms with Crippen LogP contribution in [0.4, 0.5) is 5.69 Å². The van der Waals surface area contributed by atoms with Crippen molar-refractivity contribution in [3.05, 3.63) is 63.7 Å². The number of benzene rings is 2. The van der Waals surface area contributed by atoms with E-state index in [4.69, 9.17) is 9.47 Å². The van der Waals surface area contributed by atoms with Gasteiger partial charge in [-0.25, -0.2) is 0 Å². The SMILES string of the molecule is O=C(CNC(=O)c1cccc([N+](=O)[O-])c1)NCc1ccc2c(c1)OCCO2. The van der Waals surface area contributed by atoms with Crippen molar-refractivity contribution in [2.75, 3.05) is 19.8 Å². The van der Waals surface area contributed by atoms with Crippen molar-refractivity contribution in [2.45, 2.75) is 6.54 Å². The molecule has 0 fully saturated rings. The molecule has 1 aliphatic rings. The molecule has 9 heteroatoms. The van der Waals surface area contributed by atoms with Crippen molar-refractivity contribution in [3.63, 3.8) is 0 Å². The van der Waals surface area contributed by atoms with Gasteiger partial charge in [0.05, 0.1) is 11.5 Å². The number of carbonyl (C=O) groups is 2. The summed E-state index contributed by atoms with van der Waals surface area (Å²) in [7, 11) is 0. The molecule has 2 N–H and O–H groups in total. The molecule has 3 rings (SSSR count). The zero-order valence-corrected chi connectivity index (χ0v) is 14.3. The summed E-state index contributed by atoms with van der Waals surface area (Å²) in [6, 6.07) is 10.7. The van der Waals surface area contributed by atoms with Gasteiger partial charge < -0.3 is 20.1 Å². The molecule has 0 saturated carbocycles. The van der Waals surface area contributed by atoms with E-state index in [9.17, 15) is 19.7 Å². The molecule has 0 atom stereocenters. The van der Waals surface area contributed by atoms with E-state index in [-0.39, 0.29) is 30.2 Å². The van der Waals surface area contributed by atoms with Crippen LogP contribution >= 0.6 is 0 Å². The third-order valence-corrected chi connectivity index (χ3v) is 3.82. The zero-order valence-electron chi connectivity index (χ0n) is 14.3. The maximum atomic E-state index is 12.0. The Morgan fingerprint density at radius 2 is 1.81 bits per heavy atom. The molecule has 1 heterocycles. The molecule has 140 valence electrons. The highest BCUT2D eigenvalue weighted by atomic mass is 16.6. The Bertz CT molecular complexity index is 883. The molecule has 0 aliphatic carbocycles. The summed E-state index contributed by atoms with van der Waals surface area (Å²) >= 11 is 0. The molecule has 9 nitrogen and oxygen atoms in total. The summed E-state index contributed by atoms with van der Waals surface area (Å²) in [5, 5.41) is 15.9. The molecule has 2 amide bonds. The van der Waals surface area contributed by atoms with Gasteiger partial charge in [-0.1, -0.05) is 12.1 Å². The van der Waals surface area contributed by atoms with Crippen LogP contribution in [0, 0.1) is 10.1 Å². The van der Waals surface area contributed by atoms with Crippen LogP contribution in [0.2, 0.25) is 0 Å². The number of nitro benzene ring substituents is 1. The summed E-state index contributed by atoms with van der Waals surface area (Å²) in [4.78, 5) is 34.1. The highest BCUT2D eigenvalue weighted by Crippen LogP contribution is 2.30. The van der Waals surface area contributed by atoms with Gasteiger partial charge in [0.2, 0.25) is 5.91 Å². The fourth-order valence-corrected chi connectivity index (χ4v) is 2.48. The lowest BCUT2D eigenvalue weighted by molar-refractivity contribution is -0.384. The Morgan fingerprint density at radius 1 is 1.04 bits per heavy atom. The largest absolute Gasteiger partial charge is 0.486 e. The topological polar surface area (TPSA) is 120 Å². The number of hydrogen-bond donors (Lipinski definition) is 2. The van der Waals surface area contributed by atoms with Crippen molar-refractivity contribution in [2.24, 2.45) is 0 Å². The molecule has 0 bridgehead atoms. The molecule has 27 heavy (non-hydrogen) atoms. The number of ether oxygens (including phenoxy) is 2. The van der Waals surface area contributed by atoms with Gasteiger partial charge in [-0.15, -0.1) is 0 Å². The lowest BCUT2D eigenvalue weighted by Crippen LogP contribution is -2.36. The van der Waals surface area contributed by atoms with Crippen LogP contribution in [-0.2, 0) is 11.3 Å². The van der Waals surface area contributed by atoms with Gasteiger partial charge >= 0.3 is 0 Å². The van der Waals surface area contributed by atoms with E-state index < -0.39 is 10.8 Å². The number of fused-ring (bicyclic) bond motifs is 1. The summed E-state index contributed by atoms with van der Waals surface area (Å²) in [6.07, 6.45) is 0. The molecule has 0 radical (unpaired) electrons. The van der Waals surface area contributed by atoms with Crippen LogP contribution in [0.3, 0.4) is 0 Å². The van der Waals surface area contributed by atoms with Crippen LogP contribution in [0.25, 0.3) is 0 Å². The van der Waals surface area contributed by atoms with Gasteiger partial charge in [0.1, 0.15) is 13.2 Å². The van der Waals surface area contributed by atoms with Gasteiger partial charge in [0.25, 0.3) is 11.6 Å². The second-order valence-electron chi connectivity index (χ2n) is 5.74. The molecule has 0 spiro atoms. The molecular weight excluding hydrogens is 354 g/mol. The Kier molecular flexibility index (Phi) is 5.50. The van der Waals surface area contributed by atoms with Crippen molar-refractivity contribution in [1.82, 2.24) is 10.6 Å². The van der Waals surface area contributed by atoms with Gasteiger partial charge in [-0.2, -0.15) is 0 Å². The lowest BCUT2D eigenvalue weighted by atomic mass is 10.2. The van der Waals surface area contributed by atoms with Gasteiger partial charge in [0, 0.05) is 24.2 Å². The van der Waals surface area contributed by atoms with E-state index >= 15 is 0 Å². The predicted octanol–water partition coefficient (Wildman–Crippen LogP) is 1.41. The zero-order chi connectivity index (χ0) is 19.2. The summed E-state index contributed by atoms with van der Waals surface area (Å²) < 4.78 is 10.9. The summed E-state index contributed by atoms with van der Waals surface area (Å²) in [6.45, 7) is 1.01. The number of nitrogens with one attached hydrogen (secondary N) is 2. The van der Waals surface area contributed by atoms with Crippen molar-refractivity contribution in [3.8, 4) is 11.5 Å². The van der Waals surface area contributed by atoms with Crippen LogP contribution in [0.5, 0.6) is 11.5 Å². The van der Waals surface area contributed by atoms with E-state index in [0.717, 1.165) is 11.6 Å². The third kappa shape index (κ3) is 4.72. The highest BCUT2D eigenvalue weighted by molar-refractivity contribution is 5.96. The van der Waals surface area contributed by atoms with Crippen molar-refractivity contribution >= 4 is 17.5 Å². The van der Waals surface area contributed by atoms with Gasteiger partial charge in [-0.05, 0) is 23.8 Å². The average Bonchev–Trinajstić information content (AvgIpc) is 2.70. The molecule has 2 aromatic rings. The Balaban J connectivity index is 1.49. The molecule has 1 aliphatic heterocycles. The minimum Gasteiger partial charge on any atom is -0.486 e. The normalized spacial score (nSPS) is 12.1. The maximum absolute atomic E-state index is 12.0. The molecule has 0 aromatic heterocycles. The smallest absolute Gasteiger partial charge is 0.270 e. The van der Waals surface area contributed by atoms with E-state index in [2.05, 4.69) is 10.6 Å². The lowest BCUT2D eigenvalue weighted by Gasteiger charge is -2.19. The standard InChI is InChI=1S/C18H17N3O6/c22-17(11-20-18(23)13-2-1-3-14(9-13)21(24)25)19-10-12-4-5-15-16(8-12)27-7-6-26-15/h1-5,8-9H,6-7,10-11H2,(H,19,22)(H,20,23). The van der Waals surface area contributed by atoms with Crippen molar-refractivity contribution in [1.29, 1.82) is 0 Å². The number of amides is 2. The van der Waals surface area contributed by atoms with Gasteiger partial charge in [-0.3, -0.25) is 19.7 Å². The number of non-ortho nitro benzene ring substituents is 1. The maximum Gasteiger partial charge on any atom is 0.270 e. The average molecular weight is 371 g/mol. The highest BCUT2D eigenvalue weighted by Gasteiger charge is 2.14. The Hall–Kier alpha value is -3.62. The van der Waals surface area contributed by atoms with Crippen molar-refractivity contribution < 1.29 is 24.0 Å². The molecular formula is C18H17N3O6. The molecule has 0 unspecified atom stereocenters. The van der Waals surface area contributed by atoms with Crippen LogP contribution in [0.1, 0.15) is 15.9 Å². The monoisotopic (exact) mass is 371 g/mol. The number of rotatable bonds is 6. The second kappa shape index (κ2) is 8.17. The minimum absolute atomic E-state index is 0.115. The first-order valence-corrected chi connectivity index (χ1v) is 8.21. The van der Waals surface area contributed by atoms with E-state index in [1.54, 1.807) is 12.1 Å². The first-order chi connectivity index (χ1) is 13.0. The molecule has 2 aromatic carbocycles. The van der Waals surface area contributed by atoms with E-state index in [1.807, 2.05) is 6.07 Å². The van der Waals surface area contributed by atoms with E-state index in [0.29, 0.717) is 24.7 Å². The summed E-state index contributed by atoms with van der Waals surface area (Å²) in [5.41, 5.74) is 0.757. The Morgan fingerprint density at radius 3 is 2.59 bits per heavy atom. The number of nitro groups is 1. The van der Waals surface area contributed by atoms with Gasteiger partial charge in [0.15, 0.2) is 11.5 Å². The second-order valence-corrected chi connectivity index (χ2v) is 5.74. The summed E-state index contributed by atoms with van der Waals surface area (Å²) in [5.74, 6) is 0.351. The number of carbonyl (C=O) groups excluding carboxylic acids is 2. The van der Waals surface area contributed by atoms with Crippen LogP contribution in [0.15, 0.2) is 42.5 Å². The fourth-order valence-electron chi connectivity index (χ4n) is 2.48. The number of hydrogen-bond acceptors (Lipinski definition) is 6. The first-order valence-electron chi connectivity index (χ1n) is 8.21. The Labute approximate surface area is 154 Å². The van der Waals surface area contributed by atoms with E-state index in [1.165, 1.54) is 18.2 Å². The predicted molar refractivity (Wildman–Crippen MR) is 94.7 cm³/mol. The number of nitrogens with zero attached hydrogens (tertiary/aromatic N) is 1.